The van der Waals surface area contributed by atoms with E-state index in [4.69, 9.17) is 5.73 Å². The molecule has 21 heavy (non-hydrogen) atoms. The van der Waals surface area contributed by atoms with Crippen molar-refractivity contribution in [3.63, 3.8) is 0 Å². The van der Waals surface area contributed by atoms with Crippen LogP contribution in [0.3, 0.4) is 0 Å². The molecule has 2 N–H and O–H groups in total. The van der Waals surface area contributed by atoms with Crippen LogP contribution in [0.1, 0.15) is 36.9 Å². The first-order chi connectivity index (χ1) is 10.0. The highest BCUT2D eigenvalue weighted by atomic mass is 32.2. The summed E-state index contributed by atoms with van der Waals surface area (Å²) in [6.07, 6.45) is 4.19. The van der Waals surface area contributed by atoms with E-state index in [-0.39, 0.29) is 11.2 Å². The molecule has 0 aliphatic heterocycles. The first-order valence-corrected chi connectivity index (χ1v) is 7.67. The lowest BCUT2D eigenvalue weighted by molar-refractivity contribution is 0.661. The molecule has 1 fully saturated rings. The Balaban J connectivity index is 1.81. The average molecular weight is 306 g/mol. The molecule has 112 valence electrons. The summed E-state index contributed by atoms with van der Waals surface area (Å²) >= 11 is 1.59. The number of aromatic nitrogens is 6. The van der Waals surface area contributed by atoms with Crippen molar-refractivity contribution in [2.45, 2.75) is 36.2 Å². The Kier molecular flexibility index (Phi) is 3.66. The fraction of sp³-hybridized carbons (Fsp3) is 0.583. The first kappa shape index (κ1) is 14.1. The van der Waals surface area contributed by atoms with Crippen LogP contribution in [0.4, 0.5) is 11.9 Å². The van der Waals surface area contributed by atoms with E-state index in [0.717, 1.165) is 5.16 Å². The smallest absolute Gasteiger partial charge is 0.229 e. The molecular formula is C12H18N8S. The molecule has 1 aliphatic rings. The highest BCUT2D eigenvalue weighted by Gasteiger charge is 2.27. The minimum atomic E-state index is 0.0238. The van der Waals surface area contributed by atoms with Crippen molar-refractivity contribution >= 4 is 23.7 Å². The van der Waals surface area contributed by atoms with Gasteiger partial charge in [-0.05, 0) is 19.8 Å². The number of anilines is 2. The molecule has 2 aromatic heterocycles. The summed E-state index contributed by atoms with van der Waals surface area (Å²) in [6, 6.07) is 0.551. The Labute approximate surface area is 127 Å². The third-order valence-corrected chi connectivity index (χ3v) is 4.25. The van der Waals surface area contributed by atoms with Crippen molar-refractivity contribution in [2.75, 3.05) is 24.7 Å². The second kappa shape index (κ2) is 5.47. The molecule has 0 spiro atoms. The third kappa shape index (κ3) is 3.07. The van der Waals surface area contributed by atoms with Crippen LogP contribution in [0.2, 0.25) is 0 Å². The van der Waals surface area contributed by atoms with Crippen molar-refractivity contribution in [1.29, 1.82) is 0 Å². The summed E-state index contributed by atoms with van der Waals surface area (Å²) in [5.74, 6) is 1.45. The van der Waals surface area contributed by atoms with Crippen LogP contribution in [0.15, 0.2) is 11.5 Å². The molecule has 8 nitrogen and oxygen atoms in total. The van der Waals surface area contributed by atoms with Gasteiger partial charge in [-0.2, -0.15) is 15.0 Å². The Morgan fingerprint density at radius 3 is 2.76 bits per heavy atom. The molecule has 0 saturated heterocycles. The van der Waals surface area contributed by atoms with E-state index in [1.54, 1.807) is 18.1 Å². The molecule has 1 saturated carbocycles. The maximum Gasteiger partial charge on any atom is 0.229 e. The lowest BCUT2D eigenvalue weighted by Gasteiger charge is -2.14. The summed E-state index contributed by atoms with van der Waals surface area (Å²) in [5.41, 5.74) is 5.77. The molecule has 0 bridgehead atoms. The van der Waals surface area contributed by atoms with E-state index in [1.165, 1.54) is 12.8 Å². The second-order valence-electron chi connectivity index (χ2n) is 5.26. The highest BCUT2D eigenvalue weighted by Crippen LogP contribution is 2.40. The van der Waals surface area contributed by atoms with Crippen LogP contribution in [0.25, 0.3) is 0 Å². The van der Waals surface area contributed by atoms with Crippen LogP contribution < -0.4 is 10.6 Å². The van der Waals surface area contributed by atoms with Crippen molar-refractivity contribution in [1.82, 2.24) is 29.7 Å². The van der Waals surface area contributed by atoms with Crippen molar-refractivity contribution in [3.8, 4) is 0 Å². The summed E-state index contributed by atoms with van der Waals surface area (Å²) in [4.78, 5) is 14.6. The molecule has 1 aliphatic carbocycles. The monoisotopic (exact) mass is 306 g/mol. The summed E-state index contributed by atoms with van der Waals surface area (Å²) in [6.45, 7) is 2.03. The lowest BCUT2D eigenvalue weighted by atomic mass is 10.4. The zero-order chi connectivity index (χ0) is 15.0. The fourth-order valence-corrected chi connectivity index (χ4v) is 2.85. The third-order valence-electron chi connectivity index (χ3n) is 3.18. The number of nitrogen functional groups attached to an aromatic ring is 1. The number of hydrogen-bond acceptors (Lipinski definition) is 8. The van der Waals surface area contributed by atoms with Gasteiger partial charge in [0.05, 0.1) is 5.25 Å². The molecule has 0 radical (unpaired) electrons. The predicted octanol–water partition coefficient (Wildman–Crippen LogP) is 1.30. The minimum Gasteiger partial charge on any atom is -0.368 e. The highest BCUT2D eigenvalue weighted by molar-refractivity contribution is 7.99. The van der Waals surface area contributed by atoms with Crippen molar-refractivity contribution < 1.29 is 0 Å². The summed E-state index contributed by atoms with van der Waals surface area (Å²) in [5, 5.41) is 9.11. The zero-order valence-corrected chi connectivity index (χ0v) is 13.1. The van der Waals surface area contributed by atoms with Gasteiger partial charge in [-0.3, -0.25) is 0 Å². The molecule has 1 atom stereocenters. The Bertz CT molecular complexity index is 636. The Hall–Kier alpha value is -1.90. The standard InChI is InChI=1S/C12H18N8S/c1-7(9-15-10(13)17-11(16-9)19(2)3)21-12-18-14-6-20(12)8-4-5-8/h6-8H,4-5H2,1-3H3,(H2,13,15,16,17)/t7-/m1/s1. The molecule has 0 unspecified atom stereocenters. The Morgan fingerprint density at radius 1 is 1.33 bits per heavy atom. The van der Waals surface area contributed by atoms with Crippen LogP contribution in [0, 0.1) is 0 Å². The lowest BCUT2D eigenvalue weighted by Crippen LogP contribution is -2.16. The molecule has 9 heteroatoms. The molecule has 2 aromatic rings. The van der Waals surface area contributed by atoms with Gasteiger partial charge in [0.2, 0.25) is 11.9 Å². The van der Waals surface area contributed by atoms with E-state index in [2.05, 4.69) is 29.7 Å². The molecule has 0 amide bonds. The zero-order valence-electron chi connectivity index (χ0n) is 12.3. The predicted molar refractivity (Wildman–Crippen MR) is 81.1 cm³/mol. The van der Waals surface area contributed by atoms with Gasteiger partial charge >= 0.3 is 0 Å². The Morgan fingerprint density at radius 2 is 2.10 bits per heavy atom. The average Bonchev–Trinajstić information content (AvgIpc) is 3.18. The summed E-state index contributed by atoms with van der Waals surface area (Å²) < 4.78 is 2.12. The fourth-order valence-electron chi connectivity index (χ4n) is 1.91. The number of thioether (sulfide) groups is 1. The van der Waals surface area contributed by atoms with Crippen molar-refractivity contribution in [2.24, 2.45) is 0 Å². The van der Waals surface area contributed by atoms with Crippen LogP contribution in [0.5, 0.6) is 0 Å². The van der Waals surface area contributed by atoms with Crippen molar-refractivity contribution in [3.05, 3.63) is 12.2 Å². The van der Waals surface area contributed by atoms with Crippen LogP contribution >= 0.6 is 11.8 Å². The van der Waals surface area contributed by atoms with Crippen LogP contribution in [-0.4, -0.2) is 43.8 Å². The molecular weight excluding hydrogens is 288 g/mol. The van der Waals surface area contributed by atoms with Gasteiger partial charge in [-0.1, -0.05) is 11.8 Å². The van der Waals surface area contributed by atoms with Gasteiger partial charge in [0, 0.05) is 20.1 Å². The second-order valence-corrected chi connectivity index (χ2v) is 6.57. The van der Waals surface area contributed by atoms with Gasteiger partial charge in [0.15, 0.2) is 5.16 Å². The largest absolute Gasteiger partial charge is 0.368 e. The number of rotatable bonds is 5. The van der Waals surface area contributed by atoms with Gasteiger partial charge < -0.3 is 15.2 Å². The topological polar surface area (TPSA) is 98.6 Å². The van der Waals surface area contributed by atoms with Gasteiger partial charge in [0.1, 0.15) is 12.2 Å². The normalized spacial score (nSPS) is 16.0. The number of hydrogen-bond donors (Lipinski definition) is 1. The van der Waals surface area contributed by atoms with Crippen LogP contribution in [-0.2, 0) is 0 Å². The first-order valence-electron chi connectivity index (χ1n) is 6.79. The molecule has 3 rings (SSSR count). The maximum atomic E-state index is 5.77. The number of nitrogens with zero attached hydrogens (tertiary/aromatic N) is 7. The van der Waals surface area contributed by atoms with E-state index >= 15 is 0 Å². The SMILES string of the molecule is C[C@@H](Sc1nncn1C1CC1)c1nc(N)nc(N(C)C)n1. The van der Waals surface area contributed by atoms with Gasteiger partial charge in [-0.25, -0.2) is 0 Å². The minimum absolute atomic E-state index is 0.0238. The molecule has 0 aromatic carbocycles. The van der Waals surface area contributed by atoms with E-state index in [0.29, 0.717) is 17.8 Å². The van der Waals surface area contributed by atoms with E-state index in [1.807, 2.05) is 25.9 Å². The molecule has 2 heterocycles. The van der Waals surface area contributed by atoms with Gasteiger partial charge in [-0.15, -0.1) is 10.2 Å². The quantitative estimate of drug-likeness (QED) is 0.825. The van der Waals surface area contributed by atoms with Gasteiger partial charge in [0.25, 0.3) is 0 Å². The van der Waals surface area contributed by atoms with E-state index < -0.39 is 0 Å². The number of nitrogens with two attached hydrogens (primary N) is 1. The summed E-state index contributed by atoms with van der Waals surface area (Å²) in [7, 11) is 3.75. The maximum absolute atomic E-state index is 5.77. The van der Waals surface area contributed by atoms with E-state index in [9.17, 15) is 0 Å².